The molecule has 21 heavy (non-hydrogen) atoms. The minimum atomic E-state index is -3.93. The number of nitrogens with zero attached hydrogens (tertiary/aromatic N) is 2. The fourth-order valence-corrected chi connectivity index (χ4v) is 4.45. The molecule has 2 aromatic heterocycles. The van der Waals surface area contributed by atoms with Crippen LogP contribution in [0.1, 0.15) is 31.5 Å². The normalized spacial score (nSPS) is 11.7. The Kier molecular flexibility index (Phi) is 3.94. The monoisotopic (exact) mass is 327 g/mol. The van der Waals surface area contributed by atoms with E-state index in [9.17, 15) is 13.2 Å². The van der Waals surface area contributed by atoms with Crippen molar-refractivity contribution >= 4 is 27.3 Å². The fourth-order valence-electron chi connectivity index (χ4n) is 2.05. The van der Waals surface area contributed by atoms with Gasteiger partial charge in [-0.3, -0.25) is 9.48 Å². The van der Waals surface area contributed by atoms with Crippen LogP contribution in [0.3, 0.4) is 0 Å². The van der Waals surface area contributed by atoms with Gasteiger partial charge in [0.15, 0.2) is 0 Å². The summed E-state index contributed by atoms with van der Waals surface area (Å²) in [5.74, 6) is -0.612. The molecule has 0 saturated carbocycles. The van der Waals surface area contributed by atoms with Crippen molar-refractivity contribution in [2.24, 2.45) is 7.05 Å². The summed E-state index contributed by atoms with van der Waals surface area (Å²) >= 11 is 1.27. The van der Waals surface area contributed by atoms with Crippen molar-refractivity contribution in [1.82, 2.24) is 14.5 Å². The van der Waals surface area contributed by atoms with E-state index < -0.39 is 15.9 Å². The van der Waals surface area contributed by atoms with Gasteiger partial charge in [-0.15, -0.1) is 11.3 Å². The molecule has 0 aliphatic rings. The number of hydrogen-bond donors (Lipinski definition) is 1. The second kappa shape index (κ2) is 5.27. The number of nitrogens with one attached hydrogen (secondary N) is 1. The molecular weight excluding hydrogens is 310 g/mol. The summed E-state index contributed by atoms with van der Waals surface area (Å²) in [6.45, 7) is 7.02. The van der Waals surface area contributed by atoms with E-state index in [0.717, 1.165) is 10.4 Å². The van der Waals surface area contributed by atoms with Gasteiger partial charge in [0.1, 0.15) is 4.90 Å². The molecule has 0 aliphatic heterocycles. The zero-order valence-electron chi connectivity index (χ0n) is 12.5. The Balaban J connectivity index is 2.35. The molecule has 0 saturated heterocycles. The van der Waals surface area contributed by atoms with Crippen molar-refractivity contribution in [1.29, 1.82) is 0 Å². The van der Waals surface area contributed by atoms with Gasteiger partial charge < -0.3 is 0 Å². The first-order valence-corrected chi connectivity index (χ1v) is 8.58. The maximum absolute atomic E-state index is 12.4. The number of thiophene rings is 1. The Morgan fingerprint density at radius 3 is 2.33 bits per heavy atom. The highest BCUT2D eigenvalue weighted by atomic mass is 32.2. The van der Waals surface area contributed by atoms with Gasteiger partial charge in [0.25, 0.3) is 15.9 Å². The predicted octanol–water partition coefficient (Wildman–Crippen LogP) is 1.83. The standard InChI is InChI=1S/C13H17N3O3S2/c1-7-6-11(20-10(7)4)13(17)15-21(18,19)12-8(2)14-16(5)9(12)3/h6H,1-5H3,(H,15,17). The lowest BCUT2D eigenvalue weighted by molar-refractivity contribution is 0.0985. The van der Waals surface area contributed by atoms with E-state index in [4.69, 9.17) is 0 Å². The van der Waals surface area contributed by atoms with Crippen LogP contribution in [-0.2, 0) is 17.1 Å². The van der Waals surface area contributed by atoms with Crippen LogP contribution in [0.4, 0.5) is 0 Å². The summed E-state index contributed by atoms with van der Waals surface area (Å²) in [7, 11) is -2.27. The zero-order chi connectivity index (χ0) is 15.9. The molecule has 0 spiro atoms. The lowest BCUT2D eigenvalue weighted by Crippen LogP contribution is -2.30. The van der Waals surface area contributed by atoms with Gasteiger partial charge >= 0.3 is 0 Å². The molecule has 0 unspecified atom stereocenters. The molecule has 8 heteroatoms. The number of amides is 1. The summed E-state index contributed by atoms with van der Waals surface area (Å²) in [6, 6.07) is 1.69. The molecule has 0 aliphatic carbocycles. The third-order valence-corrected chi connectivity index (χ3v) is 6.06. The molecule has 0 radical (unpaired) electrons. The maximum atomic E-state index is 12.4. The number of rotatable bonds is 3. The van der Waals surface area contributed by atoms with E-state index in [1.165, 1.54) is 16.0 Å². The molecule has 1 N–H and O–H groups in total. The first-order valence-electron chi connectivity index (χ1n) is 6.28. The van der Waals surface area contributed by atoms with Crippen LogP contribution in [0.2, 0.25) is 0 Å². The Morgan fingerprint density at radius 2 is 1.90 bits per heavy atom. The largest absolute Gasteiger partial charge is 0.275 e. The molecule has 2 heterocycles. The third kappa shape index (κ3) is 2.86. The third-order valence-electron chi connectivity index (χ3n) is 3.33. The van der Waals surface area contributed by atoms with E-state index in [1.807, 2.05) is 13.8 Å². The van der Waals surface area contributed by atoms with E-state index in [0.29, 0.717) is 16.3 Å². The van der Waals surface area contributed by atoms with Gasteiger partial charge in [-0.1, -0.05) is 0 Å². The molecule has 2 aromatic rings. The highest BCUT2D eigenvalue weighted by Gasteiger charge is 2.26. The molecule has 0 atom stereocenters. The second-order valence-corrected chi connectivity index (χ2v) is 7.78. The Hall–Kier alpha value is -1.67. The van der Waals surface area contributed by atoms with Crippen LogP contribution in [0.5, 0.6) is 0 Å². The molecular formula is C13H17N3O3S2. The second-order valence-electron chi connectivity index (χ2n) is 4.91. The first-order chi connectivity index (χ1) is 9.63. The SMILES string of the molecule is Cc1cc(C(=O)NS(=O)(=O)c2c(C)nn(C)c2C)sc1C. The molecule has 0 bridgehead atoms. The van der Waals surface area contributed by atoms with Crippen LogP contribution >= 0.6 is 11.3 Å². The average molecular weight is 327 g/mol. The highest BCUT2D eigenvalue weighted by molar-refractivity contribution is 7.90. The Bertz CT molecular complexity index is 797. The summed E-state index contributed by atoms with van der Waals surface area (Å²) in [4.78, 5) is 13.6. The van der Waals surface area contributed by atoms with E-state index in [2.05, 4.69) is 9.82 Å². The van der Waals surface area contributed by atoms with Gasteiger partial charge in [-0.05, 0) is 39.3 Å². The number of aromatic nitrogens is 2. The van der Waals surface area contributed by atoms with Gasteiger partial charge in [0, 0.05) is 11.9 Å². The molecule has 0 aromatic carbocycles. The van der Waals surface area contributed by atoms with Crippen molar-refractivity contribution in [2.75, 3.05) is 0 Å². The Labute approximate surface area is 127 Å². The van der Waals surface area contributed by atoms with Gasteiger partial charge in [0.05, 0.1) is 16.3 Å². The molecule has 2 rings (SSSR count). The van der Waals surface area contributed by atoms with Crippen molar-refractivity contribution in [3.8, 4) is 0 Å². The quantitative estimate of drug-likeness (QED) is 0.932. The van der Waals surface area contributed by atoms with E-state index >= 15 is 0 Å². The first kappa shape index (κ1) is 15.7. The lowest BCUT2D eigenvalue weighted by Gasteiger charge is -2.06. The van der Waals surface area contributed by atoms with Crippen LogP contribution in [0.15, 0.2) is 11.0 Å². The van der Waals surface area contributed by atoms with Crippen LogP contribution in [0.25, 0.3) is 0 Å². The summed E-state index contributed by atoms with van der Waals surface area (Å²) in [5, 5.41) is 4.06. The minimum absolute atomic E-state index is 0.0587. The van der Waals surface area contributed by atoms with Gasteiger partial charge in [-0.2, -0.15) is 5.10 Å². The van der Waals surface area contributed by atoms with E-state index in [-0.39, 0.29) is 4.90 Å². The highest BCUT2D eigenvalue weighted by Crippen LogP contribution is 2.22. The predicted molar refractivity (Wildman–Crippen MR) is 81.1 cm³/mol. The average Bonchev–Trinajstić information content (AvgIpc) is 2.80. The maximum Gasteiger partial charge on any atom is 0.275 e. The zero-order valence-corrected chi connectivity index (χ0v) is 14.1. The van der Waals surface area contributed by atoms with Crippen LogP contribution < -0.4 is 4.72 Å². The number of carbonyl (C=O) groups is 1. The summed E-state index contributed by atoms with van der Waals surface area (Å²) in [6.07, 6.45) is 0. The van der Waals surface area contributed by atoms with Crippen molar-refractivity contribution in [2.45, 2.75) is 32.6 Å². The summed E-state index contributed by atoms with van der Waals surface area (Å²) < 4.78 is 28.4. The number of aryl methyl sites for hydroxylation is 4. The fraction of sp³-hybridized carbons (Fsp3) is 0.385. The number of sulfonamides is 1. The molecule has 114 valence electrons. The van der Waals surface area contributed by atoms with Crippen molar-refractivity contribution in [3.05, 3.63) is 32.8 Å². The summed E-state index contributed by atoms with van der Waals surface area (Å²) in [5.41, 5.74) is 1.83. The molecule has 1 amide bonds. The topological polar surface area (TPSA) is 81.1 Å². The number of hydrogen-bond acceptors (Lipinski definition) is 5. The van der Waals surface area contributed by atoms with Gasteiger partial charge in [0.2, 0.25) is 0 Å². The van der Waals surface area contributed by atoms with Gasteiger partial charge in [-0.25, -0.2) is 13.1 Å². The van der Waals surface area contributed by atoms with E-state index in [1.54, 1.807) is 27.0 Å². The van der Waals surface area contributed by atoms with Crippen molar-refractivity contribution < 1.29 is 13.2 Å². The van der Waals surface area contributed by atoms with Crippen molar-refractivity contribution in [3.63, 3.8) is 0 Å². The minimum Gasteiger partial charge on any atom is -0.271 e. The van der Waals surface area contributed by atoms with Crippen LogP contribution in [0, 0.1) is 27.7 Å². The molecule has 0 fully saturated rings. The lowest BCUT2D eigenvalue weighted by atomic mass is 10.3. The molecule has 6 nitrogen and oxygen atoms in total. The Morgan fingerprint density at radius 1 is 1.29 bits per heavy atom. The van der Waals surface area contributed by atoms with Crippen LogP contribution in [-0.4, -0.2) is 24.1 Å². The number of carbonyl (C=O) groups excluding carboxylic acids is 1. The smallest absolute Gasteiger partial charge is 0.271 e.